The number of benzene rings is 1. The first-order valence-electron chi connectivity index (χ1n) is 7.05. The van der Waals surface area contributed by atoms with Crippen molar-refractivity contribution in [3.8, 4) is 5.75 Å². The van der Waals surface area contributed by atoms with Gasteiger partial charge in [0.25, 0.3) is 0 Å². The molecule has 0 bridgehead atoms. The third-order valence-corrected chi connectivity index (χ3v) is 4.03. The molecular formula is C16H21FO3. The highest BCUT2D eigenvalue weighted by atomic mass is 19.1. The summed E-state index contributed by atoms with van der Waals surface area (Å²) in [7, 11) is 0. The quantitative estimate of drug-likeness (QED) is 0.860. The van der Waals surface area contributed by atoms with Crippen LogP contribution in [0.3, 0.4) is 0 Å². The molecule has 1 aromatic rings. The molecule has 0 aliphatic heterocycles. The normalized spacial score (nSPS) is 26.3. The second-order valence-corrected chi connectivity index (χ2v) is 5.89. The predicted octanol–water partition coefficient (Wildman–Crippen LogP) is 3.35. The van der Waals surface area contributed by atoms with Gasteiger partial charge < -0.3 is 9.84 Å². The van der Waals surface area contributed by atoms with Gasteiger partial charge >= 0.3 is 0 Å². The number of ketones is 1. The van der Waals surface area contributed by atoms with Gasteiger partial charge in [0.15, 0.2) is 5.78 Å². The molecule has 0 aromatic heterocycles. The van der Waals surface area contributed by atoms with E-state index in [9.17, 15) is 14.3 Å². The molecule has 1 aliphatic rings. The van der Waals surface area contributed by atoms with Crippen molar-refractivity contribution in [1.29, 1.82) is 0 Å². The number of hydrogen-bond donors (Lipinski definition) is 1. The topological polar surface area (TPSA) is 46.5 Å². The Kier molecular flexibility index (Phi) is 4.43. The smallest absolute Gasteiger partial charge is 0.162 e. The zero-order chi connectivity index (χ0) is 14.8. The summed E-state index contributed by atoms with van der Waals surface area (Å²) in [4.78, 5) is 11.1. The van der Waals surface area contributed by atoms with Crippen LogP contribution in [0.1, 0.15) is 49.9 Å². The van der Waals surface area contributed by atoms with Crippen molar-refractivity contribution in [3.05, 3.63) is 29.6 Å². The lowest BCUT2D eigenvalue weighted by Crippen LogP contribution is -2.39. The summed E-state index contributed by atoms with van der Waals surface area (Å²) in [6, 6.07) is 4.18. The van der Waals surface area contributed by atoms with Crippen LogP contribution in [0.2, 0.25) is 0 Å². The van der Waals surface area contributed by atoms with Crippen molar-refractivity contribution in [1.82, 2.24) is 0 Å². The Morgan fingerprint density at radius 2 is 2.10 bits per heavy atom. The van der Waals surface area contributed by atoms with Crippen molar-refractivity contribution in [2.45, 2.75) is 45.1 Å². The van der Waals surface area contributed by atoms with E-state index < -0.39 is 11.4 Å². The number of ether oxygens (including phenoxy) is 1. The summed E-state index contributed by atoms with van der Waals surface area (Å²) in [5, 5.41) is 10.4. The van der Waals surface area contributed by atoms with Crippen LogP contribution in [0.5, 0.6) is 5.75 Å². The summed E-state index contributed by atoms with van der Waals surface area (Å²) in [6.45, 7) is 3.67. The Morgan fingerprint density at radius 1 is 1.45 bits per heavy atom. The molecule has 1 fully saturated rings. The second-order valence-electron chi connectivity index (χ2n) is 5.89. The third kappa shape index (κ3) is 3.57. The van der Waals surface area contributed by atoms with Gasteiger partial charge in [0.05, 0.1) is 11.2 Å². The fraction of sp³-hybridized carbons (Fsp3) is 0.562. The standard InChI is InChI=1S/C16H21FO3/c1-11-5-7-16(19,8-6-11)10-20-13-3-4-14(12(2)18)15(17)9-13/h3-4,9,11,19H,5-8,10H2,1-2H3. The van der Waals surface area contributed by atoms with Gasteiger partial charge in [-0.15, -0.1) is 0 Å². The molecule has 1 N–H and O–H groups in total. The number of aliphatic hydroxyl groups is 1. The van der Waals surface area contributed by atoms with Crippen LogP contribution in [-0.2, 0) is 0 Å². The van der Waals surface area contributed by atoms with E-state index in [1.165, 1.54) is 19.1 Å². The number of hydrogen-bond acceptors (Lipinski definition) is 3. The maximum Gasteiger partial charge on any atom is 0.162 e. The van der Waals surface area contributed by atoms with Crippen molar-refractivity contribution >= 4 is 5.78 Å². The summed E-state index contributed by atoms with van der Waals surface area (Å²) in [5.74, 6) is 0.0929. The highest BCUT2D eigenvalue weighted by Crippen LogP contribution is 2.32. The Labute approximate surface area is 118 Å². The molecule has 1 saturated carbocycles. The Morgan fingerprint density at radius 3 is 2.65 bits per heavy atom. The van der Waals surface area contributed by atoms with Crippen LogP contribution in [0.4, 0.5) is 4.39 Å². The minimum absolute atomic E-state index is 0.0579. The van der Waals surface area contributed by atoms with Gasteiger partial charge in [-0.25, -0.2) is 4.39 Å². The summed E-state index contributed by atoms with van der Waals surface area (Å²) >= 11 is 0. The molecule has 0 spiro atoms. The van der Waals surface area contributed by atoms with E-state index in [0.717, 1.165) is 12.8 Å². The predicted molar refractivity (Wildman–Crippen MR) is 74.5 cm³/mol. The van der Waals surface area contributed by atoms with Crippen molar-refractivity contribution in [2.24, 2.45) is 5.92 Å². The van der Waals surface area contributed by atoms with Crippen LogP contribution in [0.25, 0.3) is 0 Å². The first-order chi connectivity index (χ1) is 9.39. The molecule has 2 rings (SSSR count). The second kappa shape index (κ2) is 5.92. The largest absolute Gasteiger partial charge is 0.490 e. The van der Waals surface area contributed by atoms with Crippen LogP contribution in [0.15, 0.2) is 18.2 Å². The fourth-order valence-corrected chi connectivity index (χ4v) is 2.53. The number of halogens is 1. The molecule has 0 saturated heterocycles. The maximum absolute atomic E-state index is 13.6. The SMILES string of the molecule is CC(=O)c1ccc(OCC2(O)CCC(C)CC2)cc1F. The lowest BCUT2D eigenvalue weighted by Gasteiger charge is -2.34. The Balaban J connectivity index is 1.97. The van der Waals surface area contributed by atoms with E-state index in [2.05, 4.69) is 6.92 Å². The van der Waals surface area contributed by atoms with E-state index in [1.807, 2.05) is 0 Å². The van der Waals surface area contributed by atoms with E-state index in [1.54, 1.807) is 6.07 Å². The van der Waals surface area contributed by atoms with Crippen LogP contribution in [0, 0.1) is 11.7 Å². The van der Waals surface area contributed by atoms with Crippen LogP contribution >= 0.6 is 0 Å². The van der Waals surface area contributed by atoms with Gasteiger partial charge in [0, 0.05) is 6.07 Å². The summed E-state index contributed by atoms with van der Waals surface area (Å²) < 4.78 is 19.1. The third-order valence-electron chi connectivity index (χ3n) is 4.03. The average molecular weight is 280 g/mol. The van der Waals surface area contributed by atoms with Crippen LogP contribution in [-0.4, -0.2) is 23.1 Å². The lowest BCUT2D eigenvalue weighted by molar-refractivity contribution is -0.0425. The molecular weight excluding hydrogens is 259 g/mol. The number of carbonyl (C=O) groups is 1. The molecule has 0 amide bonds. The zero-order valence-corrected chi connectivity index (χ0v) is 12.0. The molecule has 4 heteroatoms. The molecule has 110 valence electrons. The average Bonchev–Trinajstić information content (AvgIpc) is 2.40. The summed E-state index contributed by atoms with van der Waals surface area (Å²) in [6.07, 6.45) is 3.39. The van der Waals surface area contributed by atoms with Crippen molar-refractivity contribution in [3.63, 3.8) is 0 Å². The van der Waals surface area contributed by atoms with Gasteiger partial charge in [0.1, 0.15) is 18.2 Å². The minimum atomic E-state index is -0.817. The Hall–Kier alpha value is -1.42. The number of carbonyl (C=O) groups excluding carboxylic acids is 1. The van der Waals surface area contributed by atoms with E-state index in [4.69, 9.17) is 4.74 Å². The molecule has 1 aromatic carbocycles. The van der Waals surface area contributed by atoms with Crippen molar-refractivity contribution < 1.29 is 19.0 Å². The van der Waals surface area contributed by atoms with Gasteiger partial charge in [0.2, 0.25) is 0 Å². The fourth-order valence-electron chi connectivity index (χ4n) is 2.53. The van der Waals surface area contributed by atoms with Crippen LogP contribution < -0.4 is 4.74 Å². The van der Waals surface area contributed by atoms with E-state index in [0.29, 0.717) is 24.5 Å². The molecule has 1 aliphatic carbocycles. The lowest BCUT2D eigenvalue weighted by atomic mass is 9.80. The highest BCUT2D eigenvalue weighted by Gasteiger charge is 2.32. The molecule has 20 heavy (non-hydrogen) atoms. The molecule has 0 radical (unpaired) electrons. The molecule has 0 atom stereocenters. The maximum atomic E-state index is 13.6. The first-order valence-corrected chi connectivity index (χ1v) is 7.05. The minimum Gasteiger partial charge on any atom is -0.490 e. The monoisotopic (exact) mass is 280 g/mol. The van der Waals surface area contributed by atoms with Gasteiger partial charge in [-0.3, -0.25) is 4.79 Å². The van der Waals surface area contributed by atoms with E-state index in [-0.39, 0.29) is 18.0 Å². The number of Topliss-reactive ketones (excluding diaryl/α,β-unsaturated/α-hetero) is 1. The van der Waals surface area contributed by atoms with Gasteiger partial charge in [-0.2, -0.15) is 0 Å². The molecule has 0 unspecified atom stereocenters. The first kappa shape index (κ1) is 15.0. The zero-order valence-electron chi connectivity index (χ0n) is 12.0. The highest BCUT2D eigenvalue weighted by molar-refractivity contribution is 5.94. The number of rotatable bonds is 4. The van der Waals surface area contributed by atoms with E-state index >= 15 is 0 Å². The summed E-state index contributed by atoms with van der Waals surface area (Å²) in [5.41, 5.74) is -0.759. The molecule has 3 nitrogen and oxygen atoms in total. The van der Waals surface area contributed by atoms with Crippen molar-refractivity contribution in [2.75, 3.05) is 6.61 Å². The molecule has 0 heterocycles. The van der Waals surface area contributed by atoms with Gasteiger partial charge in [-0.05, 0) is 50.7 Å². The van der Waals surface area contributed by atoms with Gasteiger partial charge in [-0.1, -0.05) is 6.92 Å². The Bertz CT molecular complexity index is 490.